The first-order valence-corrected chi connectivity index (χ1v) is 17.7. The van der Waals surface area contributed by atoms with Crippen LogP contribution in [0.2, 0.25) is 10.0 Å². The number of benzene rings is 2. The lowest BCUT2D eigenvalue weighted by atomic mass is 9.98. The molecule has 262 valence electrons. The van der Waals surface area contributed by atoms with Crippen LogP contribution >= 0.6 is 23.2 Å². The Kier molecular flexibility index (Phi) is 10.3. The number of pyridine rings is 2. The van der Waals surface area contributed by atoms with Gasteiger partial charge in [0.05, 0.1) is 22.8 Å². The van der Waals surface area contributed by atoms with Crippen LogP contribution in [0.3, 0.4) is 0 Å². The number of carbonyl (C=O) groups excluding carboxylic acids is 2. The molecule has 0 bridgehead atoms. The van der Waals surface area contributed by atoms with Gasteiger partial charge in [-0.2, -0.15) is 0 Å². The standard InChI is InChI=1S/C38H37Cl2N7O4/c1-51-31-15-23(5-6-24(31)17-41-20-26-7-9-33(48)45-26)37-36(40)30(11-13-43-37)29-4-2-3-28(35(29)39)22-12-14-47-32(16-22)44-19-25(38(47)50)18-42-21-27-8-10-34(49)46-27/h2-6,11-16,19,26-27,41-42H,7-10,17-18,20-21H2,1H3,(H,45,48)(H,46,49)/t26-,27-/m1/s1. The Morgan fingerprint density at radius 3 is 2.18 bits per heavy atom. The maximum atomic E-state index is 13.3. The van der Waals surface area contributed by atoms with Crippen molar-refractivity contribution < 1.29 is 14.3 Å². The Bertz CT molecular complexity index is 2190. The number of halogens is 2. The van der Waals surface area contributed by atoms with Crippen LogP contribution in [0.15, 0.2) is 78.0 Å². The van der Waals surface area contributed by atoms with Gasteiger partial charge in [0.2, 0.25) is 11.8 Å². The number of methoxy groups -OCH3 is 1. The second-order valence-corrected chi connectivity index (χ2v) is 13.6. The summed E-state index contributed by atoms with van der Waals surface area (Å²) >= 11 is 14.2. The van der Waals surface area contributed by atoms with Gasteiger partial charge in [0, 0.05) is 103 Å². The Balaban J connectivity index is 1.10. The number of fused-ring (bicyclic) bond motifs is 1. The Morgan fingerprint density at radius 1 is 0.804 bits per heavy atom. The minimum atomic E-state index is -0.162. The molecule has 0 radical (unpaired) electrons. The maximum Gasteiger partial charge on any atom is 0.262 e. The summed E-state index contributed by atoms with van der Waals surface area (Å²) in [6.07, 6.45) is 7.73. The molecule has 13 heteroatoms. The van der Waals surface area contributed by atoms with E-state index in [2.05, 4.69) is 31.2 Å². The van der Waals surface area contributed by atoms with Crippen LogP contribution in [-0.2, 0) is 22.7 Å². The fourth-order valence-electron chi connectivity index (χ4n) is 6.68. The molecule has 2 aliphatic rings. The van der Waals surface area contributed by atoms with Crippen molar-refractivity contribution in [2.75, 3.05) is 20.2 Å². The van der Waals surface area contributed by atoms with Gasteiger partial charge in [-0.1, -0.05) is 53.5 Å². The molecular formula is C38H37Cl2N7O4. The molecule has 2 atom stereocenters. The molecular weight excluding hydrogens is 689 g/mol. The number of aromatic nitrogens is 3. The zero-order valence-electron chi connectivity index (χ0n) is 28.0. The number of carbonyl (C=O) groups is 2. The quantitative estimate of drug-likeness (QED) is 0.139. The van der Waals surface area contributed by atoms with Crippen LogP contribution in [0.1, 0.15) is 36.8 Å². The summed E-state index contributed by atoms with van der Waals surface area (Å²) in [6.45, 7) is 2.21. The van der Waals surface area contributed by atoms with E-state index in [0.717, 1.165) is 46.2 Å². The molecule has 2 aliphatic heterocycles. The van der Waals surface area contributed by atoms with E-state index < -0.39 is 0 Å². The molecule has 0 aliphatic carbocycles. The highest BCUT2D eigenvalue weighted by atomic mass is 35.5. The number of nitrogens with one attached hydrogen (secondary N) is 4. The Hall–Kier alpha value is -4.81. The summed E-state index contributed by atoms with van der Waals surface area (Å²) < 4.78 is 7.25. The molecule has 4 N–H and O–H groups in total. The molecule has 2 saturated heterocycles. The first kappa shape index (κ1) is 34.6. The molecule has 51 heavy (non-hydrogen) atoms. The van der Waals surface area contributed by atoms with Gasteiger partial charge in [-0.15, -0.1) is 0 Å². The van der Waals surface area contributed by atoms with Crippen molar-refractivity contribution >= 4 is 40.7 Å². The van der Waals surface area contributed by atoms with E-state index in [1.54, 1.807) is 25.7 Å². The van der Waals surface area contributed by atoms with E-state index in [9.17, 15) is 14.4 Å². The van der Waals surface area contributed by atoms with Crippen molar-refractivity contribution in [1.29, 1.82) is 0 Å². The number of rotatable bonds is 12. The summed E-state index contributed by atoms with van der Waals surface area (Å²) in [6, 6.07) is 17.4. The van der Waals surface area contributed by atoms with Crippen molar-refractivity contribution in [3.05, 3.63) is 105 Å². The van der Waals surface area contributed by atoms with Crippen molar-refractivity contribution in [1.82, 2.24) is 35.6 Å². The van der Waals surface area contributed by atoms with Gasteiger partial charge in [-0.25, -0.2) is 4.98 Å². The molecule has 0 unspecified atom stereocenters. The fourth-order valence-corrected chi connectivity index (χ4v) is 7.34. The SMILES string of the molecule is COc1cc(-c2nccc(-c3cccc(-c4ccn5c(=O)c(CNC[C@H]6CCC(=O)N6)cnc5c4)c3Cl)c2Cl)ccc1CNC[C@H]1CCC(=O)N1. The van der Waals surface area contributed by atoms with Gasteiger partial charge in [0.1, 0.15) is 11.4 Å². The molecule has 5 heterocycles. The van der Waals surface area contributed by atoms with Crippen molar-refractivity contribution in [3.63, 3.8) is 0 Å². The third-order valence-electron chi connectivity index (χ3n) is 9.41. The zero-order valence-corrected chi connectivity index (χ0v) is 29.5. The summed E-state index contributed by atoms with van der Waals surface area (Å²) in [4.78, 5) is 45.4. The third-order valence-corrected chi connectivity index (χ3v) is 10.2. The van der Waals surface area contributed by atoms with Crippen LogP contribution in [0.5, 0.6) is 5.75 Å². The molecule has 3 aromatic heterocycles. The summed E-state index contributed by atoms with van der Waals surface area (Å²) in [5.41, 5.74) is 6.25. The lowest BCUT2D eigenvalue weighted by Crippen LogP contribution is -2.36. The van der Waals surface area contributed by atoms with Crippen molar-refractivity contribution in [2.24, 2.45) is 0 Å². The fraction of sp³-hybridized carbons (Fsp3) is 0.289. The molecule has 2 amide bonds. The second-order valence-electron chi connectivity index (χ2n) is 12.8. The van der Waals surface area contributed by atoms with E-state index in [1.807, 2.05) is 54.6 Å². The first-order valence-electron chi connectivity index (χ1n) is 16.9. The van der Waals surface area contributed by atoms with Gasteiger partial charge in [0.15, 0.2) is 0 Å². The Morgan fingerprint density at radius 2 is 1.49 bits per heavy atom. The largest absolute Gasteiger partial charge is 0.496 e. The lowest BCUT2D eigenvalue weighted by molar-refractivity contribution is -0.120. The molecule has 11 nitrogen and oxygen atoms in total. The van der Waals surface area contributed by atoms with E-state index in [-0.39, 0.29) is 29.5 Å². The van der Waals surface area contributed by atoms with E-state index in [1.165, 1.54) is 4.40 Å². The zero-order chi connectivity index (χ0) is 35.5. The highest BCUT2D eigenvalue weighted by Gasteiger charge is 2.22. The average molecular weight is 727 g/mol. The minimum Gasteiger partial charge on any atom is -0.496 e. The summed E-state index contributed by atoms with van der Waals surface area (Å²) in [7, 11) is 1.63. The van der Waals surface area contributed by atoms with Crippen molar-refractivity contribution in [3.8, 4) is 39.3 Å². The summed E-state index contributed by atoms with van der Waals surface area (Å²) in [5.74, 6) is 0.857. The normalized spacial score (nSPS) is 17.2. The van der Waals surface area contributed by atoms with Gasteiger partial charge in [-0.05, 0) is 42.7 Å². The number of hydrogen-bond acceptors (Lipinski definition) is 8. The lowest BCUT2D eigenvalue weighted by Gasteiger charge is -2.16. The molecule has 2 fully saturated rings. The van der Waals surface area contributed by atoms with Gasteiger partial charge < -0.3 is 26.0 Å². The predicted octanol–water partition coefficient (Wildman–Crippen LogP) is 5.14. The van der Waals surface area contributed by atoms with E-state index >= 15 is 0 Å². The minimum absolute atomic E-state index is 0.0604. The smallest absolute Gasteiger partial charge is 0.262 e. The Labute approximate surface area is 304 Å². The molecule has 0 spiro atoms. The van der Waals surface area contributed by atoms with Gasteiger partial charge in [0.25, 0.3) is 5.56 Å². The number of amides is 2. The predicted molar refractivity (Wildman–Crippen MR) is 198 cm³/mol. The third kappa shape index (κ3) is 7.48. The average Bonchev–Trinajstić information content (AvgIpc) is 3.76. The van der Waals surface area contributed by atoms with Crippen LogP contribution < -0.4 is 31.6 Å². The van der Waals surface area contributed by atoms with Crippen LogP contribution in [0, 0.1) is 0 Å². The number of hydrogen-bond donors (Lipinski definition) is 4. The van der Waals surface area contributed by atoms with Crippen molar-refractivity contribution in [2.45, 2.75) is 50.9 Å². The molecule has 5 aromatic rings. The molecule has 7 rings (SSSR count). The number of nitrogens with zero attached hydrogens (tertiary/aromatic N) is 3. The highest BCUT2D eigenvalue weighted by Crippen LogP contribution is 2.42. The van der Waals surface area contributed by atoms with Gasteiger partial charge >= 0.3 is 0 Å². The van der Waals surface area contributed by atoms with Crippen LogP contribution in [-0.4, -0.2) is 58.5 Å². The second kappa shape index (κ2) is 15.2. The van der Waals surface area contributed by atoms with E-state index in [4.69, 9.17) is 27.9 Å². The van der Waals surface area contributed by atoms with Gasteiger partial charge in [-0.3, -0.25) is 23.8 Å². The number of ether oxygens (including phenoxy) is 1. The van der Waals surface area contributed by atoms with E-state index in [0.29, 0.717) is 71.7 Å². The monoisotopic (exact) mass is 725 g/mol. The van der Waals surface area contributed by atoms with Crippen LogP contribution in [0.25, 0.3) is 39.2 Å². The first-order chi connectivity index (χ1) is 24.8. The summed E-state index contributed by atoms with van der Waals surface area (Å²) in [5, 5.41) is 13.5. The van der Waals surface area contributed by atoms with Crippen LogP contribution in [0.4, 0.5) is 0 Å². The maximum absolute atomic E-state index is 13.3. The highest BCUT2D eigenvalue weighted by molar-refractivity contribution is 6.39. The molecule has 2 aromatic carbocycles. The molecule has 0 saturated carbocycles. The topological polar surface area (TPSA) is 139 Å².